The lowest BCUT2D eigenvalue weighted by Crippen LogP contribution is -2.44. The summed E-state index contributed by atoms with van der Waals surface area (Å²) >= 11 is 0. The van der Waals surface area contributed by atoms with Crippen molar-refractivity contribution in [1.82, 2.24) is 5.32 Å². The van der Waals surface area contributed by atoms with E-state index in [2.05, 4.69) is 26.1 Å². The fourth-order valence-electron chi connectivity index (χ4n) is 2.04. The maximum Gasteiger partial charge on any atom is 0.110 e. The van der Waals surface area contributed by atoms with Crippen LogP contribution in [0.2, 0.25) is 0 Å². The van der Waals surface area contributed by atoms with Crippen molar-refractivity contribution in [2.75, 3.05) is 6.54 Å². The van der Waals surface area contributed by atoms with Gasteiger partial charge in [0, 0.05) is 12.1 Å². The van der Waals surface area contributed by atoms with Gasteiger partial charge in [0.15, 0.2) is 0 Å². The molecule has 0 aromatic heterocycles. The molecule has 4 heteroatoms. The Morgan fingerprint density at radius 1 is 1.00 bits per heavy atom. The van der Waals surface area contributed by atoms with Crippen LogP contribution < -0.4 is 5.32 Å². The Labute approximate surface area is 104 Å². The number of hydrogen-bond acceptors (Lipinski definition) is 4. The third-order valence-corrected chi connectivity index (χ3v) is 3.05. The van der Waals surface area contributed by atoms with E-state index in [0.717, 1.165) is 0 Å². The van der Waals surface area contributed by atoms with Crippen molar-refractivity contribution in [3.05, 3.63) is 0 Å². The van der Waals surface area contributed by atoms with Crippen LogP contribution in [0.1, 0.15) is 41.5 Å². The van der Waals surface area contributed by atoms with Gasteiger partial charge in [-0.1, -0.05) is 20.8 Å². The topological polar surface area (TPSA) is 61.7 Å². The second kappa shape index (κ2) is 4.84. The summed E-state index contributed by atoms with van der Waals surface area (Å²) in [5, 5.41) is 23.3. The molecular weight excluding hydrogens is 218 g/mol. The molecule has 4 nitrogen and oxygen atoms in total. The standard InChI is InChI=1S/C13H27NO3/c1-12(2,3)11-10(16)9(15)8(17-11)7-14-13(4,5)6/h8-11,14-16H,7H2,1-6H3. The molecule has 1 heterocycles. The van der Waals surface area contributed by atoms with Gasteiger partial charge < -0.3 is 20.3 Å². The third kappa shape index (κ3) is 3.91. The highest BCUT2D eigenvalue weighted by molar-refractivity contribution is 4.97. The first-order chi connectivity index (χ1) is 7.52. The lowest BCUT2D eigenvalue weighted by molar-refractivity contribution is -0.0518. The molecule has 1 fully saturated rings. The molecule has 1 aliphatic rings. The second-order valence-corrected chi connectivity index (χ2v) is 7.07. The maximum absolute atomic E-state index is 9.99. The van der Waals surface area contributed by atoms with Gasteiger partial charge in [0.05, 0.1) is 12.2 Å². The maximum atomic E-state index is 9.99. The molecule has 1 aliphatic heterocycles. The van der Waals surface area contributed by atoms with Gasteiger partial charge in [-0.25, -0.2) is 0 Å². The van der Waals surface area contributed by atoms with Gasteiger partial charge in [-0.3, -0.25) is 0 Å². The molecule has 0 aromatic carbocycles. The molecule has 0 bridgehead atoms. The fraction of sp³-hybridized carbons (Fsp3) is 1.00. The Hall–Kier alpha value is -0.160. The van der Waals surface area contributed by atoms with Crippen molar-refractivity contribution in [2.45, 2.75) is 71.5 Å². The SMILES string of the molecule is CC(C)(C)NCC1OC(C(C)(C)C)C(O)C1O. The highest BCUT2D eigenvalue weighted by Gasteiger charge is 2.47. The van der Waals surface area contributed by atoms with Crippen molar-refractivity contribution in [3.8, 4) is 0 Å². The predicted molar refractivity (Wildman–Crippen MR) is 67.9 cm³/mol. The van der Waals surface area contributed by atoms with Crippen molar-refractivity contribution in [3.63, 3.8) is 0 Å². The van der Waals surface area contributed by atoms with E-state index in [4.69, 9.17) is 4.74 Å². The third-order valence-electron chi connectivity index (χ3n) is 3.05. The largest absolute Gasteiger partial charge is 0.388 e. The molecule has 3 N–H and O–H groups in total. The molecule has 0 aliphatic carbocycles. The molecule has 4 unspecified atom stereocenters. The highest BCUT2D eigenvalue weighted by Crippen LogP contribution is 2.33. The summed E-state index contributed by atoms with van der Waals surface area (Å²) in [5.41, 5.74) is -0.190. The number of hydrogen-bond donors (Lipinski definition) is 3. The first-order valence-corrected chi connectivity index (χ1v) is 6.29. The Bertz CT molecular complexity index is 254. The van der Waals surface area contributed by atoms with E-state index >= 15 is 0 Å². The molecule has 0 radical (unpaired) electrons. The normalized spacial score (nSPS) is 35.3. The highest BCUT2D eigenvalue weighted by atomic mass is 16.5. The minimum absolute atomic E-state index is 0.0200. The van der Waals surface area contributed by atoms with Crippen LogP contribution in [-0.2, 0) is 4.74 Å². The molecule has 1 saturated heterocycles. The number of nitrogens with one attached hydrogen (secondary N) is 1. The van der Waals surface area contributed by atoms with Gasteiger partial charge in [0.25, 0.3) is 0 Å². The Morgan fingerprint density at radius 3 is 1.88 bits per heavy atom. The minimum atomic E-state index is -0.811. The first-order valence-electron chi connectivity index (χ1n) is 6.29. The minimum Gasteiger partial charge on any atom is -0.388 e. The van der Waals surface area contributed by atoms with Crippen LogP contribution in [0.25, 0.3) is 0 Å². The summed E-state index contributed by atoms with van der Waals surface area (Å²) in [6.07, 6.45) is -2.27. The molecule has 17 heavy (non-hydrogen) atoms. The lowest BCUT2D eigenvalue weighted by Gasteiger charge is -2.29. The average Bonchev–Trinajstić information content (AvgIpc) is 2.39. The van der Waals surface area contributed by atoms with Gasteiger partial charge >= 0.3 is 0 Å². The number of rotatable bonds is 2. The van der Waals surface area contributed by atoms with E-state index in [1.54, 1.807) is 0 Å². The first kappa shape index (κ1) is 14.9. The quantitative estimate of drug-likeness (QED) is 0.677. The molecule has 0 saturated carbocycles. The summed E-state index contributed by atoms with van der Waals surface area (Å²) < 4.78 is 5.78. The Kier molecular flexibility index (Phi) is 4.24. The summed E-state index contributed by atoms with van der Waals surface area (Å²) in [7, 11) is 0. The fourth-order valence-corrected chi connectivity index (χ4v) is 2.04. The molecule has 0 aromatic rings. The van der Waals surface area contributed by atoms with Crippen LogP contribution in [0.15, 0.2) is 0 Å². The van der Waals surface area contributed by atoms with Crippen molar-refractivity contribution in [2.24, 2.45) is 5.41 Å². The van der Waals surface area contributed by atoms with Crippen molar-refractivity contribution < 1.29 is 14.9 Å². The lowest BCUT2D eigenvalue weighted by atomic mass is 9.85. The summed E-state index contributed by atoms with van der Waals surface area (Å²) in [6.45, 7) is 12.8. The van der Waals surface area contributed by atoms with Crippen LogP contribution in [-0.4, -0.2) is 46.7 Å². The number of ether oxygens (including phenoxy) is 1. The van der Waals surface area contributed by atoms with Gasteiger partial charge in [-0.2, -0.15) is 0 Å². The molecule has 4 atom stereocenters. The Balaban J connectivity index is 2.60. The summed E-state index contributed by atoms with van der Waals surface area (Å²) in [6, 6.07) is 0. The summed E-state index contributed by atoms with van der Waals surface area (Å²) in [5.74, 6) is 0. The zero-order valence-corrected chi connectivity index (χ0v) is 11.8. The summed E-state index contributed by atoms with van der Waals surface area (Å²) in [4.78, 5) is 0. The van der Waals surface area contributed by atoms with E-state index in [-0.39, 0.29) is 23.2 Å². The molecule has 0 spiro atoms. The van der Waals surface area contributed by atoms with Crippen LogP contribution in [0.4, 0.5) is 0 Å². The van der Waals surface area contributed by atoms with E-state index in [1.807, 2.05) is 20.8 Å². The van der Waals surface area contributed by atoms with Gasteiger partial charge in [-0.15, -0.1) is 0 Å². The molecule has 1 rings (SSSR count). The van der Waals surface area contributed by atoms with E-state index in [1.165, 1.54) is 0 Å². The van der Waals surface area contributed by atoms with Crippen molar-refractivity contribution >= 4 is 0 Å². The van der Waals surface area contributed by atoms with Gasteiger partial charge in [-0.05, 0) is 26.2 Å². The van der Waals surface area contributed by atoms with Crippen LogP contribution in [0.3, 0.4) is 0 Å². The zero-order valence-electron chi connectivity index (χ0n) is 11.8. The zero-order chi connectivity index (χ0) is 13.4. The van der Waals surface area contributed by atoms with Crippen LogP contribution in [0, 0.1) is 5.41 Å². The van der Waals surface area contributed by atoms with Gasteiger partial charge in [0.1, 0.15) is 12.2 Å². The van der Waals surface area contributed by atoms with Gasteiger partial charge in [0.2, 0.25) is 0 Å². The van der Waals surface area contributed by atoms with Crippen molar-refractivity contribution in [1.29, 1.82) is 0 Å². The van der Waals surface area contributed by atoms with E-state index < -0.39 is 12.2 Å². The Morgan fingerprint density at radius 2 is 1.53 bits per heavy atom. The predicted octanol–water partition coefficient (Wildman–Crippen LogP) is 0.910. The van der Waals surface area contributed by atoms with Crippen LogP contribution in [0.5, 0.6) is 0 Å². The molecule has 102 valence electrons. The van der Waals surface area contributed by atoms with E-state index in [9.17, 15) is 10.2 Å². The molecule has 0 amide bonds. The van der Waals surface area contributed by atoms with E-state index in [0.29, 0.717) is 6.54 Å². The number of aliphatic hydroxyl groups is 2. The number of aliphatic hydroxyl groups excluding tert-OH is 2. The second-order valence-electron chi connectivity index (χ2n) is 7.07. The molecular formula is C13H27NO3. The monoisotopic (exact) mass is 245 g/mol. The average molecular weight is 245 g/mol. The smallest absolute Gasteiger partial charge is 0.110 e. The van der Waals surface area contributed by atoms with Crippen LogP contribution >= 0.6 is 0 Å².